The van der Waals surface area contributed by atoms with E-state index >= 15 is 0 Å². The van der Waals surface area contributed by atoms with Gasteiger partial charge in [-0.3, -0.25) is 9.52 Å². The van der Waals surface area contributed by atoms with E-state index in [2.05, 4.69) is 10.8 Å². The highest BCUT2D eigenvalue weighted by Gasteiger charge is 2.20. The number of nitrogens with zero attached hydrogens (tertiary/aromatic N) is 2. The van der Waals surface area contributed by atoms with Gasteiger partial charge < -0.3 is 9.32 Å². The van der Waals surface area contributed by atoms with E-state index in [1.807, 2.05) is 56.6 Å². The van der Waals surface area contributed by atoms with Gasteiger partial charge in [-0.25, -0.2) is 4.21 Å². The van der Waals surface area contributed by atoms with Crippen LogP contribution in [0.4, 0.5) is 5.69 Å². The molecule has 0 bridgehead atoms. The summed E-state index contributed by atoms with van der Waals surface area (Å²) in [7, 11) is 1.85. The zero-order valence-electron chi connectivity index (χ0n) is 17.0. The number of nitriles is 1. The van der Waals surface area contributed by atoms with Crippen LogP contribution in [0.3, 0.4) is 0 Å². The molecule has 1 aromatic heterocycles. The molecule has 1 atom stereocenters. The van der Waals surface area contributed by atoms with Crippen molar-refractivity contribution in [2.24, 2.45) is 0 Å². The highest BCUT2D eigenvalue weighted by atomic mass is 32.2. The largest absolute Gasteiger partial charge is 0.449 e. The van der Waals surface area contributed by atoms with E-state index in [4.69, 9.17) is 4.42 Å². The molecule has 1 N–H and O–H groups in total. The van der Waals surface area contributed by atoms with Crippen molar-refractivity contribution in [3.63, 3.8) is 0 Å². The minimum Gasteiger partial charge on any atom is -0.449 e. The molecule has 3 aromatic carbocycles. The lowest BCUT2D eigenvalue weighted by atomic mass is 10.1. The van der Waals surface area contributed by atoms with Crippen molar-refractivity contribution in [2.45, 2.75) is 4.90 Å². The Labute approximate surface area is 182 Å². The minimum absolute atomic E-state index is 0.00653. The van der Waals surface area contributed by atoms with Crippen molar-refractivity contribution < 1.29 is 13.4 Å². The molecule has 0 aliphatic rings. The van der Waals surface area contributed by atoms with Crippen molar-refractivity contribution >= 4 is 33.5 Å². The molecule has 0 spiro atoms. The second-order valence-electron chi connectivity index (χ2n) is 7.06. The minimum atomic E-state index is -1.80. The van der Waals surface area contributed by atoms with Crippen LogP contribution >= 0.6 is 0 Å². The number of hydrogen-bond donors (Lipinski definition) is 1. The molecule has 1 unspecified atom stereocenters. The third-order valence-electron chi connectivity index (χ3n) is 4.84. The molecule has 0 saturated carbocycles. The molecular formula is C24H19N3O3S. The molecule has 0 aliphatic heterocycles. The Morgan fingerprint density at radius 1 is 1.03 bits per heavy atom. The van der Waals surface area contributed by atoms with Gasteiger partial charge in [-0.2, -0.15) is 5.26 Å². The average molecular weight is 430 g/mol. The molecule has 154 valence electrons. The van der Waals surface area contributed by atoms with Crippen LogP contribution in [-0.4, -0.2) is 24.2 Å². The van der Waals surface area contributed by atoms with Gasteiger partial charge in [0.05, 0.1) is 10.6 Å². The Balaban J connectivity index is 1.65. The summed E-state index contributed by atoms with van der Waals surface area (Å²) in [5, 5.41) is 10.2. The lowest BCUT2D eigenvalue weighted by Gasteiger charge is -2.13. The van der Waals surface area contributed by atoms with E-state index in [1.54, 1.807) is 35.2 Å². The summed E-state index contributed by atoms with van der Waals surface area (Å²) in [6.45, 7) is 0. The lowest BCUT2D eigenvalue weighted by Crippen LogP contribution is -2.25. The van der Waals surface area contributed by atoms with E-state index < -0.39 is 16.9 Å². The number of anilines is 1. The summed E-state index contributed by atoms with van der Waals surface area (Å²) >= 11 is 0. The predicted molar refractivity (Wildman–Crippen MR) is 121 cm³/mol. The second-order valence-corrected chi connectivity index (χ2v) is 8.24. The summed E-state index contributed by atoms with van der Waals surface area (Å²) in [6, 6.07) is 24.0. The molecule has 0 radical (unpaired) electrons. The van der Waals surface area contributed by atoms with Gasteiger partial charge in [0, 0.05) is 19.5 Å². The molecule has 0 saturated heterocycles. The molecule has 0 fully saturated rings. The van der Waals surface area contributed by atoms with Crippen LogP contribution in [0.15, 0.2) is 82.1 Å². The van der Waals surface area contributed by atoms with Gasteiger partial charge in [0.25, 0.3) is 5.91 Å². The van der Waals surface area contributed by atoms with Crippen molar-refractivity contribution in [1.29, 1.82) is 5.26 Å². The fraction of sp³-hybridized carbons (Fsp3) is 0.0833. The van der Waals surface area contributed by atoms with Crippen molar-refractivity contribution in [1.82, 2.24) is 4.72 Å². The quantitative estimate of drug-likeness (QED) is 0.505. The number of fused-ring (bicyclic) bond motifs is 1. The molecule has 1 amide bonds. The summed E-state index contributed by atoms with van der Waals surface area (Å²) < 4.78 is 21.2. The Hall–Kier alpha value is -3.89. The normalized spacial score (nSPS) is 11.6. The van der Waals surface area contributed by atoms with Crippen LogP contribution in [-0.2, 0) is 11.0 Å². The third kappa shape index (κ3) is 3.93. The zero-order chi connectivity index (χ0) is 22.0. The number of furan rings is 1. The maximum Gasteiger partial charge on any atom is 0.298 e. The number of carbonyl (C=O) groups is 1. The van der Waals surface area contributed by atoms with Crippen molar-refractivity contribution in [2.75, 3.05) is 19.0 Å². The number of benzene rings is 3. The molecule has 0 aliphatic carbocycles. The number of hydrogen-bond acceptors (Lipinski definition) is 5. The number of rotatable bonds is 5. The van der Waals surface area contributed by atoms with Crippen LogP contribution < -0.4 is 9.62 Å². The van der Waals surface area contributed by atoms with Gasteiger partial charge in [-0.05, 0) is 35.4 Å². The van der Waals surface area contributed by atoms with Crippen LogP contribution in [0.1, 0.15) is 16.1 Å². The first-order chi connectivity index (χ1) is 15.0. The van der Waals surface area contributed by atoms with E-state index in [9.17, 15) is 14.3 Å². The van der Waals surface area contributed by atoms with Crippen LogP contribution in [0.2, 0.25) is 0 Å². The zero-order valence-corrected chi connectivity index (χ0v) is 17.8. The van der Waals surface area contributed by atoms with Crippen molar-refractivity contribution in [3.8, 4) is 17.2 Å². The maximum atomic E-state index is 13.0. The van der Waals surface area contributed by atoms with E-state index in [0.29, 0.717) is 27.1 Å². The molecule has 1 heterocycles. The van der Waals surface area contributed by atoms with Gasteiger partial charge in [-0.15, -0.1) is 0 Å². The number of amides is 1. The van der Waals surface area contributed by atoms with Crippen LogP contribution in [0.25, 0.3) is 22.1 Å². The molecule has 31 heavy (non-hydrogen) atoms. The fourth-order valence-corrected chi connectivity index (χ4v) is 4.33. The number of nitrogens with one attached hydrogen (secondary N) is 1. The first-order valence-electron chi connectivity index (χ1n) is 9.50. The van der Waals surface area contributed by atoms with Crippen LogP contribution in [0, 0.1) is 11.3 Å². The lowest BCUT2D eigenvalue weighted by molar-refractivity contribution is 0.0958. The molecule has 4 rings (SSSR count). The maximum absolute atomic E-state index is 13.0. The van der Waals surface area contributed by atoms with Gasteiger partial charge in [0.1, 0.15) is 11.6 Å². The average Bonchev–Trinajstić information content (AvgIpc) is 3.23. The Bertz CT molecular complexity index is 1340. The molecule has 6 nitrogen and oxygen atoms in total. The Kier molecular flexibility index (Phi) is 5.56. The summed E-state index contributed by atoms with van der Waals surface area (Å²) in [6.07, 6.45) is 0. The topological polar surface area (TPSA) is 86.3 Å². The summed E-state index contributed by atoms with van der Waals surface area (Å²) in [5.41, 5.74) is 3.04. The van der Waals surface area contributed by atoms with Gasteiger partial charge in [0.15, 0.2) is 22.3 Å². The highest BCUT2D eigenvalue weighted by Crippen LogP contribution is 2.30. The van der Waals surface area contributed by atoms with E-state index in [1.165, 1.54) is 0 Å². The molecular weight excluding hydrogens is 410 g/mol. The first-order valence-corrected chi connectivity index (χ1v) is 10.7. The Morgan fingerprint density at radius 3 is 2.45 bits per heavy atom. The Morgan fingerprint density at radius 2 is 1.74 bits per heavy atom. The predicted octanol–water partition coefficient (Wildman–Crippen LogP) is 4.49. The van der Waals surface area contributed by atoms with Gasteiger partial charge in [0.2, 0.25) is 0 Å². The third-order valence-corrected chi connectivity index (χ3v) is 5.97. The fourth-order valence-electron chi connectivity index (χ4n) is 3.36. The second kappa shape index (κ2) is 8.46. The smallest absolute Gasteiger partial charge is 0.298 e. The highest BCUT2D eigenvalue weighted by molar-refractivity contribution is 7.83. The first kappa shape index (κ1) is 20.4. The molecule has 7 heteroatoms. The SMILES string of the molecule is CN(C)c1ccc2cc(C(=O)NS(=O)c3ccccc3-c3ccccc3)oc2c1C#N. The standard InChI is InChI=1S/C24H19N3O3S/c1-27(2)20-13-12-17-14-21(30-23(17)19(20)15-25)24(28)26-31(29)22-11-7-6-10-18(22)16-8-4-3-5-9-16/h3-14H,1-2H3,(H,26,28). The summed E-state index contributed by atoms with van der Waals surface area (Å²) in [5.74, 6) is -0.624. The van der Waals surface area contributed by atoms with Gasteiger partial charge in [-0.1, -0.05) is 48.5 Å². The van der Waals surface area contributed by atoms with Crippen LogP contribution in [0.5, 0.6) is 0 Å². The number of carbonyl (C=O) groups excluding carboxylic acids is 1. The van der Waals surface area contributed by atoms with E-state index in [0.717, 1.165) is 11.1 Å². The molecule has 4 aromatic rings. The van der Waals surface area contributed by atoms with Gasteiger partial charge >= 0.3 is 0 Å². The monoisotopic (exact) mass is 429 g/mol. The summed E-state index contributed by atoms with van der Waals surface area (Å²) in [4.78, 5) is 15.1. The van der Waals surface area contributed by atoms with Crippen molar-refractivity contribution in [3.05, 3.63) is 84.1 Å². The van der Waals surface area contributed by atoms with E-state index in [-0.39, 0.29) is 5.76 Å².